The second-order valence-electron chi connectivity index (χ2n) is 8.43. The first-order valence-electron chi connectivity index (χ1n) is 8.77. The lowest BCUT2D eigenvalue weighted by atomic mass is 9.45. The average Bonchev–Trinajstić information content (AvgIpc) is 2.82. The zero-order valence-electron chi connectivity index (χ0n) is 13.0. The van der Waals surface area contributed by atoms with Gasteiger partial charge in [-0.3, -0.25) is 4.79 Å². The van der Waals surface area contributed by atoms with Crippen molar-refractivity contribution >= 4 is 5.78 Å². The standard InChI is InChI=1S/C19H28O/c1-18-11-4-6-15(18)14-9-8-13-5-3-7-17(20)19(13,2)16(14)10-12-18/h4,11,13-16H,3,5-10,12H2,1-2H3/t13?,14-,15-,16+,18-,19-/m0/s1. The van der Waals surface area contributed by atoms with Crippen LogP contribution in [0.15, 0.2) is 12.2 Å². The summed E-state index contributed by atoms with van der Waals surface area (Å²) >= 11 is 0. The van der Waals surface area contributed by atoms with Gasteiger partial charge in [0, 0.05) is 11.8 Å². The summed E-state index contributed by atoms with van der Waals surface area (Å²) in [4.78, 5) is 12.8. The second-order valence-corrected chi connectivity index (χ2v) is 8.43. The van der Waals surface area contributed by atoms with Gasteiger partial charge in [-0.15, -0.1) is 0 Å². The quantitative estimate of drug-likeness (QED) is 0.581. The van der Waals surface area contributed by atoms with Gasteiger partial charge in [0.2, 0.25) is 0 Å². The van der Waals surface area contributed by atoms with Crippen LogP contribution in [0.3, 0.4) is 0 Å². The van der Waals surface area contributed by atoms with Crippen LogP contribution in [-0.4, -0.2) is 5.78 Å². The molecule has 4 aliphatic carbocycles. The maximum absolute atomic E-state index is 12.8. The first-order chi connectivity index (χ1) is 9.56. The first kappa shape index (κ1) is 13.1. The van der Waals surface area contributed by atoms with Gasteiger partial charge < -0.3 is 0 Å². The van der Waals surface area contributed by atoms with Crippen LogP contribution >= 0.6 is 0 Å². The van der Waals surface area contributed by atoms with Crippen molar-refractivity contribution < 1.29 is 4.79 Å². The van der Waals surface area contributed by atoms with Crippen molar-refractivity contribution in [2.45, 2.75) is 65.2 Å². The molecule has 20 heavy (non-hydrogen) atoms. The minimum absolute atomic E-state index is 0.0328. The third-order valence-electron chi connectivity index (χ3n) is 7.79. The first-order valence-corrected chi connectivity index (χ1v) is 8.77. The molecule has 0 aromatic heterocycles. The van der Waals surface area contributed by atoms with E-state index in [1.807, 2.05) is 0 Å². The van der Waals surface area contributed by atoms with E-state index in [0.29, 0.717) is 23.0 Å². The molecule has 0 radical (unpaired) electrons. The molecule has 0 saturated heterocycles. The third-order valence-corrected chi connectivity index (χ3v) is 7.79. The zero-order chi connectivity index (χ0) is 14.0. The number of hydrogen-bond donors (Lipinski definition) is 0. The molecule has 3 saturated carbocycles. The molecule has 4 aliphatic rings. The third kappa shape index (κ3) is 1.53. The molecule has 110 valence electrons. The molecule has 0 aliphatic heterocycles. The number of rotatable bonds is 0. The predicted octanol–water partition coefficient (Wildman–Crippen LogP) is 4.76. The number of hydrogen-bond acceptors (Lipinski definition) is 1. The Labute approximate surface area is 123 Å². The van der Waals surface area contributed by atoms with E-state index in [9.17, 15) is 4.79 Å². The van der Waals surface area contributed by atoms with E-state index < -0.39 is 0 Å². The lowest BCUT2D eigenvalue weighted by Crippen LogP contribution is -2.55. The number of Topliss-reactive ketones (excluding diaryl/α,β-unsaturated/α-hetero) is 1. The van der Waals surface area contributed by atoms with Crippen LogP contribution in [0, 0.1) is 34.5 Å². The summed E-state index contributed by atoms with van der Waals surface area (Å²) in [5, 5.41) is 0. The highest BCUT2D eigenvalue weighted by Crippen LogP contribution is 2.63. The number of ketones is 1. The number of fused-ring (bicyclic) bond motifs is 5. The van der Waals surface area contributed by atoms with E-state index in [0.717, 1.165) is 24.7 Å². The van der Waals surface area contributed by atoms with Crippen LogP contribution in [0.2, 0.25) is 0 Å². The summed E-state index contributed by atoms with van der Waals surface area (Å²) in [5.74, 6) is 3.63. The summed E-state index contributed by atoms with van der Waals surface area (Å²) in [6.45, 7) is 4.82. The van der Waals surface area contributed by atoms with Crippen molar-refractivity contribution in [3.63, 3.8) is 0 Å². The molecular weight excluding hydrogens is 244 g/mol. The number of allylic oxidation sites excluding steroid dienone is 2. The van der Waals surface area contributed by atoms with Gasteiger partial charge in [-0.1, -0.05) is 26.0 Å². The molecule has 3 fully saturated rings. The van der Waals surface area contributed by atoms with Crippen LogP contribution in [0.25, 0.3) is 0 Å². The van der Waals surface area contributed by atoms with Crippen molar-refractivity contribution in [1.82, 2.24) is 0 Å². The van der Waals surface area contributed by atoms with E-state index in [2.05, 4.69) is 26.0 Å². The van der Waals surface area contributed by atoms with Crippen LogP contribution in [-0.2, 0) is 4.79 Å². The second kappa shape index (κ2) is 4.21. The fraction of sp³-hybridized carbons (Fsp3) is 0.842. The van der Waals surface area contributed by atoms with Gasteiger partial charge in [0.25, 0.3) is 0 Å². The topological polar surface area (TPSA) is 17.1 Å². The summed E-state index contributed by atoms with van der Waals surface area (Å²) in [7, 11) is 0. The Morgan fingerprint density at radius 1 is 1.10 bits per heavy atom. The van der Waals surface area contributed by atoms with Crippen LogP contribution in [0.4, 0.5) is 0 Å². The Morgan fingerprint density at radius 2 is 1.95 bits per heavy atom. The molecule has 4 rings (SSSR count). The number of carbonyl (C=O) groups excluding carboxylic acids is 1. The summed E-state index contributed by atoms with van der Waals surface area (Å²) in [6, 6.07) is 0. The van der Waals surface area contributed by atoms with Gasteiger partial charge in [-0.2, -0.15) is 0 Å². The molecule has 1 heteroatoms. The Kier molecular flexibility index (Phi) is 2.76. The fourth-order valence-electron chi connectivity index (χ4n) is 6.57. The Balaban J connectivity index is 1.70. The van der Waals surface area contributed by atoms with Gasteiger partial charge >= 0.3 is 0 Å². The largest absolute Gasteiger partial charge is 0.299 e. The monoisotopic (exact) mass is 272 g/mol. The molecule has 0 amide bonds. The SMILES string of the molecule is C[C@@]12C=CC[C@H]1[C@@H]1CCC3CCCC(=O)[C@]3(C)[C@@H]1CC2. The molecule has 6 atom stereocenters. The number of carbonyl (C=O) groups is 1. The van der Waals surface area contributed by atoms with Crippen molar-refractivity contribution in [3.8, 4) is 0 Å². The van der Waals surface area contributed by atoms with Crippen molar-refractivity contribution in [3.05, 3.63) is 12.2 Å². The smallest absolute Gasteiger partial charge is 0.139 e. The summed E-state index contributed by atoms with van der Waals surface area (Å²) < 4.78 is 0. The minimum atomic E-state index is 0.0328. The van der Waals surface area contributed by atoms with Crippen LogP contribution < -0.4 is 0 Å². The summed E-state index contributed by atoms with van der Waals surface area (Å²) in [5.41, 5.74) is 0.479. The molecule has 0 spiro atoms. The fourth-order valence-corrected chi connectivity index (χ4v) is 6.57. The minimum Gasteiger partial charge on any atom is -0.299 e. The van der Waals surface area contributed by atoms with E-state index in [4.69, 9.17) is 0 Å². The van der Waals surface area contributed by atoms with E-state index in [1.165, 1.54) is 38.5 Å². The Hall–Kier alpha value is -0.590. The maximum atomic E-state index is 12.8. The highest BCUT2D eigenvalue weighted by atomic mass is 16.1. The van der Waals surface area contributed by atoms with Gasteiger partial charge in [0.05, 0.1) is 0 Å². The summed E-state index contributed by atoms with van der Waals surface area (Å²) in [6.07, 6.45) is 14.8. The van der Waals surface area contributed by atoms with Crippen LogP contribution in [0.1, 0.15) is 65.2 Å². The van der Waals surface area contributed by atoms with E-state index in [1.54, 1.807) is 0 Å². The molecule has 1 nitrogen and oxygen atoms in total. The predicted molar refractivity (Wildman–Crippen MR) is 81.3 cm³/mol. The Morgan fingerprint density at radius 3 is 2.80 bits per heavy atom. The molecule has 0 N–H and O–H groups in total. The van der Waals surface area contributed by atoms with Crippen LogP contribution in [0.5, 0.6) is 0 Å². The van der Waals surface area contributed by atoms with Gasteiger partial charge in [0.1, 0.15) is 5.78 Å². The molecule has 0 aromatic carbocycles. The van der Waals surface area contributed by atoms with Crippen molar-refractivity contribution in [2.75, 3.05) is 0 Å². The maximum Gasteiger partial charge on any atom is 0.139 e. The molecule has 0 aromatic rings. The lowest BCUT2D eigenvalue weighted by Gasteiger charge is -2.58. The van der Waals surface area contributed by atoms with Gasteiger partial charge in [-0.25, -0.2) is 0 Å². The average molecular weight is 272 g/mol. The zero-order valence-corrected chi connectivity index (χ0v) is 13.0. The molecular formula is C19H28O. The molecule has 0 heterocycles. The van der Waals surface area contributed by atoms with Gasteiger partial charge in [-0.05, 0) is 74.0 Å². The lowest BCUT2D eigenvalue weighted by molar-refractivity contribution is -0.153. The van der Waals surface area contributed by atoms with Crippen molar-refractivity contribution in [1.29, 1.82) is 0 Å². The molecule has 1 unspecified atom stereocenters. The van der Waals surface area contributed by atoms with E-state index >= 15 is 0 Å². The highest BCUT2D eigenvalue weighted by Gasteiger charge is 2.58. The van der Waals surface area contributed by atoms with Crippen molar-refractivity contribution in [2.24, 2.45) is 34.5 Å². The highest BCUT2D eigenvalue weighted by molar-refractivity contribution is 5.86. The van der Waals surface area contributed by atoms with Gasteiger partial charge in [0.15, 0.2) is 0 Å². The Bertz CT molecular complexity index is 464. The normalized spacial score (nSPS) is 54.2. The molecule has 0 bridgehead atoms. The van der Waals surface area contributed by atoms with E-state index in [-0.39, 0.29) is 5.41 Å².